The Morgan fingerprint density at radius 1 is 1.05 bits per heavy atom. The molecule has 3 aromatic rings. The van der Waals surface area contributed by atoms with Crippen LogP contribution in [0.5, 0.6) is 0 Å². The van der Waals surface area contributed by atoms with Gasteiger partial charge in [-0.1, -0.05) is 42.5 Å². The largest absolute Gasteiger partial charge is 0.480 e. The average Bonchev–Trinajstić information content (AvgIpc) is 2.96. The second-order valence-electron chi connectivity index (χ2n) is 4.99. The molecule has 0 saturated carbocycles. The van der Waals surface area contributed by atoms with Gasteiger partial charge >= 0.3 is 5.97 Å². The number of carboxylic acids is 1. The van der Waals surface area contributed by atoms with Gasteiger partial charge in [0.2, 0.25) is 0 Å². The maximum Gasteiger partial charge on any atom is 0.327 e. The predicted octanol–water partition coefficient (Wildman–Crippen LogP) is 2.94. The van der Waals surface area contributed by atoms with E-state index in [9.17, 15) is 14.7 Å². The highest BCUT2D eigenvalue weighted by molar-refractivity contribution is 5.98. The van der Waals surface area contributed by atoms with Crippen LogP contribution in [0.2, 0.25) is 0 Å². The van der Waals surface area contributed by atoms with Crippen molar-refractivity contribution in [2.75, 3.05) is 0 Å². The number of aromatic nitrogens is 2. The maximum atomic E-state index is 12.3. The van der Waals surface area contributed by atoms with Crippen LogP contribution in [-0.4, -0.2) is 26.4 Å². The van der Waals surface area contributed by atoms with Crippen LogP contribution in [0, 0.1) is 0 Å². The predicted molar refractivity (Wildman–Crippen MR) is 81.8 cm³/mol. The molecule has 0 amide bonds. The van der Waals surface area contributed by atoms with Crippen LogP contribution in [-0.2, 0) is 4.79 Å². The van der Waals surface area contributed by atoms with E-state index in [0.717, 1.165) is 0 Å². The summed E-state index contributed by atoms with van der Waals surface area (Å²) in [4.78, 5) is 28.1. The van der Waals surface area contributed by atoms with Crippen LogP contribution < -0.4 is 0 Å². The number of hydrogen-bond donors (Lipinski definition) is 1. The number of carbonyl (C=O) groups is 2. The lowest BCUT2D eigenvalue weighted by Gasteiger charge is -2.14. The SMILES string of the molecule is O=C(CC(C(=O)O)n1cnc2ccccc21)c1ccccc1. The molecule has 0 spiro atoms. The number of fused-ring (bicyclic) bond motifs is 1. The Morgan fingerprint density at radius 3 is 2.45 bits per heavy atom. The smallest absolute Gasteiger partial charge is 0.327 e. The Morgan fingerprint density at radius 2 is 1.73 bits per heavy atom. The van der Waals surface area contributed by atoms with Crippen molar-refractivity contribution >= 4 is 22.8 Å². The van der Waals surface area contributed by atoms with E-state index in [1.165, 1.54) is 6.33 Å². The highest BCUT2D eigenvalue weighted by Crippen LogP contribution is 2.22. The van der Waals surface area contributed by atoms with Crippen LogP contribution in [0.15, 0.2) is 60.9 Å². The highest BCUT2D eigenvalue weighted by Gasteiger charge is 2.25. The normalized spacial score (nSPS) is 12.2. The van der Waals surface area contributed by atoms with E-state index in [2.05, 4.69) is 4.98 Å². The Balaban J connectivity index is 1.94. The van der Waals surface area contributed by atoms with Gasteiger partial charge in [0.25, 0.3) is 0 Å². The van der Waals surface area contributed by atoms with Crippen LogP contribution in [0.1, 0.15) is 22.8 Å². The van der Waals surface area contributed by atoms with Crippen molar-refractivity contribution in [2.24, 2.45) is 0 Å². The lowest BCUT2D eigenvalue weighted by atomic mass is 10.0. The quantitative estimate of drug-likeness (QED) is 0.734. The first kappa shape index (κ1) is 14.0. The Bertz CT molecular complexity index is 824. The van der Waals surface area contributed by atoms with E-state index in [1.807, 2.05) is 24.3 Å². The lowest BCUT2D eigenvalue weighted by Crippen LogP contribution is -2.21. The molecular formula is C17H14N2O3. The fourth-order valence-corrected chi connectivity index (χ4v) is 2.45. The van der Waals surface area contributed by atoms with E-state index in [4.69, 9.17) is 0 Å². The summed E-state index contributed by atoms with van der Waals surface area (Å²) < 4.78 is 1.54. The summed E-state index contributed by atoms with van der Waals surface area (Å²) in [6.07, 6.45) is 1.36. The van der Waals surface area contributed by atoms with Crippen LogP contribution >= 0.6 is 0 Å². The summed E-state index contributed by atoms with van der Waals surface area (Å²) >= 11 is 0. The fraction of sp³-hybridized carbons (Fsp3) is 0.118. The zero-order valence-corrected chi connectivity index (χ0v) is 11.7. The molecule has 5 nitrogen and oxygen atoms in total. The molecule has 110 valence electrons. The number of ketones is 1. The Hall–Kier alpha value is -2.95. The summed E-state index contributed by atoms with van der Waals surface area (Å²) in [7, 11) is 0. The summed E-state index contributed by atoms with van der Waals surface area (Å²) in [5.74, 6) is -1.25. The molecule has 1 atom stereocenters. The number of aliphatic carboxylic acids is 1. The number of para-hydroxylation sites is 2. The molecule has 0 saturated heterocycles. The van der Waals surface area contributed by atoms with Gasteiger partial charge in [0.15, 0.2) is 5.78 Å². The zero-order valence-electron chi connectivity index (χ0n) is 11.7. The van der Waals surface area contributed by atoms with Crippen molar-refractivity contribution in [1.82, 2.24) is 9.55 Å². The van der Waals surface area contributed by atoms with Gasteiger partial charge in [-0.05, 0) is 12.1 Å². The number of carbonyl (C=O) groups excluding carboxylic acids is 1. The van der Waals surface area contributed by atoms with Gasteiger partial charge in [0, 0.05) is 12.0 Å². The van der Waals surface area contributed by atoms with E-state index >= 15 is 0 Å². The molecule has 5 heteroatoms. The topological polar surface area (TPSA) is 72.2 Å². The van der Waals surface area contributed by atoms with Crippen LogP contribution in [0.4, 0.5) is 0 Å². The van der Waals surface area contributed by atoms with Crippen molar-refractivity contribution in [3.8, 4) is 0 Å². The molecule has 0 fully saturated rings. The highest BCUT2D eigenvalue weighted by atomic mass is 16.4. The molecule has 0 bridgehead atoms. The van der Waals surface area contributed by atoms with Crippen molar-refractivity contribution in [3.05, 3.63) is 66.5 Å². The summed E-state index contributed by atoms with van der Waals surface area (Å²) in [6.45, 7) is 0. The summed E-state index contributed by atoms with van der Waals surface area (Å²) in [5, 5.41) is 9.50. The van der Waals surface area contributed by atoms with Crippen molar-refractivity contribution < 1.29 is 14.7 Å². The molecule has 2 aromatic carbocycles. The van der Waals surface area contributed by atoms with Crippen LogP contribution in [0.25, 0.3) is 11.0 Å². The molecule has 0 aliphatic heterocycles. The molecular weight excluding hydrogens is 280 g/mol. The molecule has 22 heavy (non-hydrogen) atoms. The molecule has 1 N–H and O–H groups in total. The third-order valence-corrected chi connectivity index (χ3v) is 3.58. The first-order valence-corrected chi connectivity index (χ1v) is 6.89. The standard InChI is InChI=1S/C17H14N2O3/c20-16(12-6-2-1-3-7-12)10-15(17(21)22)19-11-18-13-8-4-5-9-14(13)19/h1-9,11,15H,10H2,(H,21,22). The number of nitrogens with zero attached hydrogens (tertiary/aromatic N) is 2. The van der Waals surface area contributed by atoms with E-state index in [1.54, 1.807) is 34.9 Å². The van der Waals surface area contributed by atoms with Crippen molar-refractivity contribution in [3.63, 3.8) is 0 Å². The first-order valence-electron chi connectivity index (χ1n) is 6.89. The van der Waals surface area contributed by atoms with Crippen molar-refractivity contribution in [2.45, 2.75) is 12.5 Å². The molecule has 0 aliphatic carbocycles. The number of hydrogen-bond acceptors (Lipinski definition) is 3. The summed E-state index contributed by atoms with van der Waals surface area (Å²) in [5.41, 5.74) is 1.93. The van der Waals surface area contributed by atoms with Gasteiger partial charge in [-0.15, -0.1) is 0 Å². The van der Waals surface area contributed by atoms with E-state index in [-0.39, 0.29) is 12.2 Å². The lowest BCUT2D eigenvalue weighted by molar-refractivity contribution is -0.140. The third kappa shape index (κ3) is 2.61. The van der Waals surface area contributed by atoms with E-state index < -0.39 is 12.0 Å². The summed E-state index contributed by atoms with van der Waals surface area (Å²) in [6, 6.07) is 15.0. The monoisotopic (exact) mass is 294 g/mol. The minimum atomic E-state index is -1.05. The molecule has 1 heterocycles. The number of Topliss-reactive ketones (excluding diaryl/α,β-unsaturated/α-hetero) is 1. The van der Waals surface area contributed by atoms with Gasteiger partial charge < -0.3 is 9.67 Å². The number of benzene rings is 2. The van der Waals surface area contributed by atoms with Gasteiger partial charge in [-0.2, -0.15) is 0 Å². The van der Waals surface area contributed by atoms with Gasteiger partial charge in [0.1, 0.15) is 6.04 Å². The second kappa shape index (κ2) is 5.81. The molecule has 0 radical (unpaired) electrons. The number of imidazole rings is 1. The second-order valence-corrected chi connectivity index (χ2v) is 4.99. The first-order chi connectivity index (χ1) is 10.7. The van der Waals surface area contributed by atoms with Gasteiger partial charge in [-0.3, -0.25) is 4.79 Å². The van der Waals surface area contributed by atoms with Gasteiger partial charge in [-0.25, -0.2) is 9.78 Å². The molecule has 1 unspecified atom stereocenters. The zero-order chi connectivity index (χ0) is 15.5. The minimum absolute atomic E-state index is 0.111. The Labute approximate surface area is 126 Å². The fourth-order valence-electron chi connectivity index (χ4n) is 2.45. The Kier molecular flexibility index (Phi) is 3.70. The third-order valence-electron chi connectivity index (χ3n) is 3.58. The maximum absolute atomic E-state index is 12.3. The number of carboxylic acid groups (broad SMARTS) is 1. The molecule has 0 aliphatic rings. The molecule has 1 aromatic heterocycles. The minimum Gasteiger partial charge on any atom is -0.480 e. The average molecular weight is 294 g/mol. The van der Waals surface area contributed by atoms with Crippen molar-refractivity contribution in [1.29, 1.82) is 0 Å². The number of rotatable bonds is 5. The molecule has 3 rings (SSSR count). The van der Waals surface area contributed by atoms with Gasteiger partial charge in [0.05, 0.1) is 17.4 Å². The van der Waals surface area contributed by atoms with E-state index in [0.29, 0.717) is 16.6 Å². The van der Waals surface area contributed by atoms with Crippen LogP contribution in [0.3, 0.4) is 0 Å².